The standard InChI is InChI=1S/C18H16N6O/c1-4-14-5-7-15(8-6-14)21-18(25)23(3)17-11-24(22-13(17)2)16-9-19-12-20-10-16/h1,5-12H,2-3H3,(H,21,25). The summed E-state index contributed by atoms with van der Waals surface area (Å²) in [6, 6.07) is 6.79. The van der Waals surface area contributed by atoms with E-state index in [1.54, 1.807) is 54.6 Å². The van der Waals surface area contributed by atoms with Crippen LogP contribution in [0, 0.1) is 19.3 Å². The molecular weight excluding hydrogens is 316 g/mol. The zero-order chi connectivity index (χ0) is 17.8. The molecule has 25 heavy (non-hydrogen) atoms. The van der Waals surface area contributed by atoms with Gasteiger partial charge in [-0.25, -0.2) is 19.4 Å². The molecule has 0 saturated carbocycles. The first-order valence-electron chi connectivity index (χ1n) is 7.51. The fraction of sp³-hybridized carbons (Fsp3) is 0.111. The van der Waals surface area contributed by atoms with Gasteiger partial charge in [0.25, 0.3) is 0 Å². The van der Waals surface area contributed by atoms with Crippen LogP contribution in [0.15, 0.2) is 49.2 Å². The number of hydrogen-bond donors (Lipinski definition) is 1. The van der Waals surface area contributed by atoms with Crippen molar-refractivity contribution in [1.29, 1.82) is 0 Å². The van der Waals surface area contributed by atoms with Gasteiger partial charge in [0, 0.05) is 18.3 Å². The molecule has 2 aromatic heterocycles. The molecule has 3 rings (SSSR count). The van der Waals surface area contributed by atoms with Crippen molar-refractivity contribution in [2.75, 3.05) is 17.3 Å². The van der Waals surface area contributed by atoms with Gasteiger partial charge < -0.3 is 5.32 Å². The summed E-state index contributed by atoms with van der Waals surface area (Å²) < 4.78 is 1.64. The Hall–Kier alpha value is -3.66. The Morgan fingerprint density at radius 1 is 1.24 bits per heavy atom. The van der Waals surface area contributed by atoms with Gasteiger partial charge in [0.05, 0.1) is 30.0 Å². The molecule has 7 nitrogen and oxygen atoms in total. The summed E-state index contributed by atoms with van der Waals surface area (Å²) in [4.78, 5) is 21.9. The van der Waals surface area contributed by atoms with Gasteiger partial charge in [-0.15, -0.1) is 6.42 Å². The number of aromatic nitrogens is 4. The molecule has 0 aliphatic carbocycles. The highest BCUT2D eigenvalue weighted by Crippen LogP contribution is 2.20. The van der Waals surface area contributed by atoms with Crippen LogP contribution in [-0.2, 0) is 0 Å². The number of rotatable bonds is 3. The summed E-state index contributed by atoms with van der Waals surface area (Å²) in [6.07, 6.45) is 11.8. The fourth-order valence-corrected chi connectivity index (χ4v) is 2.29. The minimum atomic E-state index is -0.277. The number of anilines is 2. The minimum absolute atomic E-state index is 0.277. The maximum Gasteiger partial charge on any atom is 0.326 e. The van der Waals surface area contributed by atoms with Gasteiger partial charge >= 0.3 is 6.03 Å². The number of nitrogens with zero attached hydrogens (tertiary/aromatic N) is 5. The number of benzene rings is 1. The highest BCUT2D eigenvalue weighted by Gasteiger charge is 2.17. The van der Waals surface area contributed by atoms with Crippen molar-refractivity contribution in [3.63, 3.8) is 0 Å². The largest absolute Gasteiger partial charge is 0.326 e. The summed E-state index contributed by atoms with van der Waals surface area (Å²) in [5.74, 6) is 2.54. The number of urea groups is 1. The molecule has 2 amide bonds. The highest BCUT2D eigenvalue weighted by atomic mass is 16.2. The number of aryl methyl sites for hydroxylation is 1. The van der Waals surface area contributed by atoms with Crippen molar-refractivity contribution in [2.24, 2.45) is 0 Å². The van der Waals surface area contributed by atoms with Gasteiger partial charge in [0.15, 0.2) is 0 Å². The lowest BCUT2D eigenvalue weighted by Crippen LogP contribution is -2.31. The van der Waals surface area contributed by atoms with Gasteiger partial charge in [-0.05, 0) is 31.2 Å². The molecular formula is C18H16N6O. The monoisotopic (exact) mass is 332 g/mol. The van der Waals surface area contributed by atoms with E-state index < -0.39 is 0 Å². The fourth-order valence-electron chi connectivity index (χ4n) is 2.29. The summed E-state index contributed by atoms with van der Waals surface area (Å²) >= 11 is 0. The summed E-state index contributed by atoms with van der Waals surface area (Å²) in [6.45, 7) is 1.83. The third kappa shape index (κ3) is 3.48. The second-order valence-electron chi connectivity index (χ2n) is 5.35. The smallest absolute Gasteiger partial charge is 0.308 e. The van der Waals surface area contributed by atoms with Crippen LogP contribution in [0.2, 0.25) is 0 Å². The van der Waals surface area contributed by atoms with Gasteiger partial charge in [0.2, 0.25) is 0 Å². The molecule has 0 atom stereocenters. The Labute approximate surface area is 145 Å². The van der Waals surface area contributed by atoms with Gasteiger partial charge in [-0.1, -0.05) is 5.92 Å². The molecule has 1 aromatic carbocycles. The van der Waals surface area contributed by atoms with E-state index in [1.165, 1.54) is 11.2 Å². The normalized spacial score (nSPS) is 10.1. The Morgan fingerprint density at radius 2 is 1.92 bits per heavy atom. The first-order chi connectivity index (χ1) is 12.1. The molecule has 0 bridgehead atoms. The van der Waals surface area contributed by atoms with Crippen molar-refractivity contribution in [2.45, 2.75) is 6.92 Å². The van der Waals surface area contributed by atoms with Gasteiger partial charge in [0.1, 0.15) is 12.0 Å². The van der Waals surface area contributed by atoms with E-state index in [-0.39, 0.29) is 6.03 Å². The summed E-state index contributed by atoms with van der Waals surface area (Å²) in [7, 11) is 1.68. The van der Waals surface area contributed by atoms with Crippen LogP contribution in [-0.4, -0.2) is 32.8 Å². The maximum atomic E-state index is 12.5. The summed E-state index contributed by atoms with van der Waals surface area (Å²) in [5, 5.41) is 7.23. The van der Waals surface area contributed by atoms with Crippen LogP contribution >= 0.6 is 0 Å². The topological polar surface area (TPSA) is 75.9 Å². The average Bonchev–Trinajstić information content (AvgIpc) is 3.04. The Bertz CT molecular complexity index is 924. The molecule has 0 radical (unpaired) electrons. The number of hydrogen-bond acceptors (Lipinski definition) is 4. The quantitative estimate of drug-likeness (QED) is 0.748. The molecule has 0 fully saturated rings. The molecule has 0 saturated heterocycles. The molecule has 2 heterocycles. The lowest BCUT2D eigenvalue weighted by molar-refractivity contribution is 0.258. The average molecular weight is 332 g/mol. The van der Waals surface area contributed by atoms with Crippen LogP contribution in [0.1, 0.15) is 11.3 Å². The lowest BCUT2D eigenvalue weighted by Gasteiger charge is -2.17. The first kappa shape index (κ1) is 16.2. The van der Waals surface area contributed by atoms with Crippen molar-refractivity contribution in [3.05, 3.63) is 60.4 Å². The van der Waals surface area contributed by atoms with Crippen molar-refractivity contribution in [3.8, 4) is 18.0 Å². The van der Waals surface area contributed by atoms with Crippen LogP contribution in [0.5, 0.6) is 0 Å². The second kappa shape index (κ2) is 6.84. The third-order valence-electron chi connectivity index (χ3n) is 3.65. The van der Waals surface area contributed by atoms with E-state index in [0.29, 0.717) is 17.1 Å². The van der Waals surface area contributed by atoms with Crippen LogP contribution in [0.3, 0.4) is 0 Å². The van der Waals surface area contributed by atoms with E-state index in [9.17, 15) is 4.79 Å². The van der Waals surface area contributed by atoms with E-state index in [4.69, 9.17) is 6.42 Å². The molecule has 0 unspecified atom stereocenters. The lowest BCUT2D eigenvalue weighted by atomic mass is 10.2. The van der Waals surface area contributed by atoms with Crippen LogP contribution < -0.4 is 10.2 Å². The first-order valence-corrected chi connectivity index (χ1v) is 7.51. The number of terminal acetylenes is 1. The minimum Gasteiger partial charge on any atom is -0.308 e. The maximum absolute atomic E-state index is 12.5. The molecule has 0 spiro atoms. The summed E-state index contributed by atoms with van der Waals surface area (Å²) in [5.41, 5.74) is 3.53. The van der Waals surface area contributed by atoms with Gasteiger partial charge in [-0.3, -0.25) is 4.90 Å². The number of nitrogens with one attached hydrogen (secondary N) is 1. The zero-order valence-electron chi connectivity index (χ0n) is 13.8. The number of carbonyl (C=O) groups excluding carboxylic acids is 1. The van der Waals surface area contributed by atoms with E-state index in [1.807, 2.05) is 6.92 Å². The number of amides is 2. The SMILES string of the molecule is C#Cc1ccc(NC(=O)N(C)c2cn(-c3cncnc3)nc2C)cc1. The highest BCUT2D eigenvalue weighted by molar-refractivity contribution is 6.01. The molecule has 7 heteroatoms. The van der Waals surface area contributed by atoms with Crippen molar-refractivity contribution < 1.29 is 4.79 Å². The Morgan fingerprint density at radius 3 is 2.56 bits per heavy atom. The van der Waals surface area contributed by atoms with E-state index in [0.717, 1.165) is 11.3 Å². The molecule has 1 N–H and O–H groups in total. The zero-order valence-corrected chi connectivity index (χ0v) is 13.8. The second-order valence-corrected chi connectivity index (χ2v) is 5.35. The predicted octanol–water partition coefficient (Wildman–Crippen LogP) is 2.62. The third-order valence-corrected chi connectivity index (χ3v) is 3.65. The Kier molecular flexibility index (Phi) is 4.44. The van der Waals surface area contributed by atoms with E-state index in [2.05, 4.69) is 26.3 Å². The van der Waals surface area contributed by atoms with Gasteiger partial charge in [-0.2, -0.15) is 5.10 Å². The predicted molar refractivity (Wildman–Crippen MR) is 95.7 cm³/mol. The van der Waals surface area contributed by atoms with Crippen molar-refractivity contribution >= 4 is 17.4 Å². The molecule has 124 valence electrons. The number of carbonyl (C=O) groups is 1. The van der Waals surface area contributed by atoms with Crippen LogP contribution in [0.4, 0.5) is 16.2 Å². The molecule has 0 aliphatic rings. The molecule has 3 aromatic rings. The van der Waals surface area contributed by atoms with E-state index >= 15 is 0 Å². The van der Waals surface area contributed by atoms with Crippen molar-refractivity contribution in [1.82, 2.24) is 19.7 Å². The Balaban J connectivity index is 1.78. The molecule has 0 aliphatic heterocycles. The van der Waals surface area contributed by atoms with Crippen LogP contribution in [0.25, 0.3) is 5.69 Å².